The molecule has 0 aliphatic carbocycles. The van der Waals surface area contributed by atoms with Crippen LogP contribution in [0.3, 0.4) is 0 Å². The van der Waals surface area contributed by atoms with Crippen LogP contribution >= 0.6 is 0 Å². The van der Waals surface area contributed by atoms with Gasteiger partial charge in [0.05, 0.1) is 12.2 Å². The van der Waals surface area contributed by atoms with Gasteiger partial charge < -0.3 is 9.47 Å². The topological polar surface area (TPSA) is 31.4 Å². The quantitative estimate of drug-likeness (QED) is 0.797. The number of ether oxygens (including phenoxy) is 2. The smallest absolute Gasteiger partial charge is 0.213 e. The van der Waals surface area contributed by atoms with Crippen molar-refractivity contribution in [2.45, 2.75) is 33.0 Å². The van der Waals surface area contributed by atoms with Crippen molar-refractivity contribution >= 4 is 0 Å². The summed E-state index contributed by atoms with van der Waals surface area (Å²) in [7, 11) is 0. The molecular formula is C17H21NO2. The van der Waals surface area contributed by atoms with Crippen LogP contribution in [-0.4, -0.2) is 17.7 Å². The van der Waals surface area contributed by atoms with Crippen molar-refractivity contribution < 1.29 is 9.47 Å². The summed E-state index contributed by atoms with van der Waals surface area (Å²) in [4.78, 5) is 4.12. The van der Waals surface area contributed by atoms with E-state index in [1.807, 2.05) is 25.1 Å². The van der Waals surface area contributed by atoms with Crippen LogP contribution in [0.5, 0.6) is 5.88 Å². The van der Waals surface area contributed by atoms with Crippen LogP contribution < -0.4 is 4.74 Å². The van der Waals surface area contributed by atoms with Crippen LogP contribution in [-0.2, 0) is 4.74 Å². The Morgan fingerprint density at radius 2 is 1.80 bits per heavy atom. The van der Waals surface area contributed by atoms with E-state index in [9.17, 15) is 0 Å². The maximum absolute atomic E-state index is 5.95. The fourth-order valence-electron chi connectivity index (χ4n) is 1.94. The highest BCUT2D eigenvalue weighted by Crippen LogP contribution is 2.19. The fraction of sp³-hybridized carbons (Fsp3) is 0.353. The highest BCUT2D eigenvalue weighted by molar-refractivity contribution is 5.22. The van der Waals surface area contributed by atoms with Gasteiger partial charge in [0.25, 0.3) is 0 Å². The Hall–Kier alpha value is -1.87. The SMILES string of the molecule is Cc1ccc(C(C)OC(C)COc2ccccn2)cc1. The summed E-state index contributed by atoms with van der Waals surface area (Å²) < 4.78 is 11.5. The zero-order chi connectivity index (χ0) is 14.4. The predicted octanol–water partition coefficient (Wildman–Crippen LogP) is 3.94. The highest BCUT2D eigenvalue weighted by Gasteiger charge is 2.11. The zero-order valence-corrected chi connectivity index (χ0v) is 12.2. The normalized spacial score (nSPS) is 13.8. The minimum Gasteiger partial charge on any atom is -0.475 e. The summed E-state index contributed by atoms with van der Waals surface area (Å²) >= 11 is 0. The summed E-state index contributed by atoms with van der Waals surface area (Å²) in [6.07, 6.45) is 1.78. The number of aryl methyl sites for hydroxylation is 1. The van der Waals surface area contributed by atoms with Crippen molar-refractivity contribution in [3.05, 3.63) is 59.8 Å². The molecule has 1 aromatic heterocycles. The van der Waals surface area contributed by atoms with Gasteiger partial charge in [-0.25, -0.2) is 4.98 Å². The molecule has 1 aromatic carbocycles. The largest absolute Gasteiger partial charge is 0.475 e. The minimum atomic E-state index is 0.00769. The number of benzene rings is 1. The van der Waals surface area contributed by atoms with Crippen LogP contribution in [0.4, 0.5) is 0 Å². The highest BCUT2D eigenvalue weighted by atomic mass is 16.5. The molecule has 0 saturated carbocycles. The summed E-state index contributed by atoms with van der Waals surface area (Å²) in [6.45, 7) is 6.64. The second kappa shape index (κ2) is 7.06. The van der Waals surface area contributed by atoms with E-state index in [4.69, 9.17) is 9.47 Å². The van der Waals surface area contributed by atoms with Gasteiger partial charge in [-0.1, -0.05) is 35.9 Å². The molecule has 0 saturated heterocycles. The standard InChI is InChI=1S/C17H21NO2/c1-13-7-9-16(10-8-13)15(3)20-14(2)12-19-17-6-4-5-11-18-17/h4-11,14-15H,12H2,1-3H3. The van der Waals surface area contributed by atoms with Gasteiger partial charge in [0, 0.05) is 12.3 Å². The van der Waals surface area contributed by atoms with E-state index < -0.39 is 0 Å². The molecule has 0 amide bonds. The Bertz CT molecular complexity index is 510. The Morgan fingerprint density at radius 3 is 2.45 bits per heavy atom. The average molecular weight is 271 g/mol. The zero-order valence-electron chi connectivity index (χ0n) is 12.2. The first-order chi connectivity index (χ1) is 9.65. The van der Waals surface area contributed by atoms with Crippen LogP contribution in [0.1, 0.15) is 31.1 Å². The van der Waals surface area contributed by atoms with Crippen LogP contribution in [0.25, 0.3) is 0 Å². The van der Waals surface area contributed by atoms with Crippen molar-refractivity contribution in [1.82, 2.24) is 4.98 Å². The number of hydrogen-bond donors (Lipinski definition) is 0. The molecule has 2 aromatic rings. The maximum Gasteiger partial charge on any atom is 0.213 e. The van der Waals surface area contributed by atoms with E-state index in [1.165, 1.54) is 11.1 Å². The van der Waals surface area contributed by atoms with Gasteiger partial charge in [0.2, 0.25) is 5.88 Å². The van der Waals surface area contributed by atoms with Crippen molar-refractivity contribution in [3.8, 4) is 5.88 Å². The third-order valence-electron chi connectivity index (χ3n) is 3.09. The molecule has 0 radical (unpaired) electrons. The van der Waals surface area contributed by atoms with Gasteiger partial charge in [-0.05, 0) is 32.4 Å². The monoisotopic (exact) mass is 271 g/mol. The second-order valence-corrected chi connectivity index (χ2v) is 4.98. The number of nitrogens with zero attached hydrogens (tertiary/aromatic N) is 1. The minimum absolute atomic E-state index is 0.00769. The Labute approximate surface area is 120 Å². The van der Waals surface area contributed by atoms with E-state index in [-0.39, 0.29) is 12.2 Å². The third-order valence-corrected chi connectivity index (χ3v) is 3.09. The number of aromatic nitrogens is 1. The van der Waals surface area contributed by atoms with Gasteiger partial charge >= 0.3 is 0 Å². The Kier molecular flexibility index (Phi) is 5.13. The summed E-state index contributed by atoms with van der Waals surface area (Å²) in [5.74, 6) is 0.630. The molecule has 1 heterocycles. The van der Waals surface area contributed by atoms with Gasteiger partial charge in [-0.3, -0.25) is 0 Å². The molecule has 0 aliphatic rings. The molecule has 2 unspecified atom stereocenters. The van der Waals surface area contributed by atoms with Crippen molar-refractivity contribution in [2.75, 3.05) is 6.61 Å². The molecule has 0 aliphatic heterocycles. The molecule has 2 rings (SSSR count). The van der Waals surface area contributed by atoms with Crippen molar-refractivity contribution in [1.29, 1.82) is 0 Å². The molecule has 0 spiro atoms. The van der Waals surface area contributed by atoms with Crippen molar-refractivity contribution in [3.63, 3.8) is 0 Å². The maximum atomic E-state index is 5.95. The first kappa shape index (κ1) is 14.5. The number of rotatable bonds is 6. The van der Waals surface area contributed by atoms with Crippen molar-refractivity contribution in [2.24, 2.45) is 0 Å². The number of hydrogen-bond acceptors (Lipinski definition) is 3. The lowest BCUT2D eigenvalue weighted by molar-refractivity contribution is -0.0172. The molecule has 3 heteroatoms. The Morgan fingerprint density at radius 1 is 1.05 bits per heavy atom. The van der Waals surface area contributed by atoms with Crippen LogP contribution in [0.2, 0.25) is 0 Å². The van der Waals surface area contributed by atoms with E-state index in [1.54, 1.807) is 6.20 Å². The summed E-state index contributed by atoms with van der Waals surface area (Å²) in [5.41, 5.74) is 2.44. The molecule has 0 fully saturated rings. The summed E-state index contributed by atoms with van der Waals surface area (Å²) in [6, 6.07) is 14.0. The van der Waals surface area contributed by atoms with Gasteiger partial charge in [0.15, 0.2) is 0 Å². The fourth-order valence-corrected chi connectivity index (χ4v) is 1.94. The van der Waals surface area contributed by atoms with Gasteiger partial charge in [-0.2, -0.15) is 0 Å². The first-order valence-electron chi connectivity index (χ1n) is 6.91. The molecule has 0 bridgehead atoms. The van der Waals surface area contributed by atoms with Gasteiger partial charge in [-0.15, -0.1) is 0 Å². The molecule has 106 valence electrons. The van der Waals surface area contributed by atoms with E-state index in [2.05, 4.69) is 43.1 Å². The first-order valence-corrected chi connectivity index (χ1v) is 6.91. The van der Waals surface area contributed by atoms with Crippen LogP contribution in [0.15, 0.2) is 48.7 Å². The molecular weight excluding hydrogens is 250 g/mol. The lowest BCUT2D eigenvalue weighted by Gasteiger charge is -2.19. The predicted molar refractivity (Wildman–Crippen MR) is 79.9 cm³/mol. The van der Waals surface area contributed by atoms with Crippen LogP contribution in [0, 0.1) is 6.92 Å². The van der Waals surface area contributed by atoms with E-state index in [0.717, 1.165) is 0 Å². The third kappa shape index (κ3) is 4.35. The lowest BCUT2D eigenvalue weighted by atomic mass is 10.1. The van der Waals surface area contributed by atoms with E-state index >= 15 is 0 Å². The Balaban J connectivity index is 1.82. The van der Waals surface area contributed by atoms with Gasteiger partial charge in [0.1, 0.15) is 6.61 Å². The molecule has 20 heavy (non-hydrogen) atoms. The number of pyridine rings is 1. The molecule has 2 atom stereocenters. The molecule has 0 N–H and O–H groups in total. The lowest BCUT2D eigenvalue weighted by Crippen LogP contribution is -2.20. The average Bonchev–Trinajstić information content (AvgIpc) is 2.47. The second-order valence-electron chi connectivity index (χ2n) is 4.98. The summed E-state index contributed by atoms with van der Waals surface area (Å²) in [5, 5.41) is 0. The van der Waals surface area contributed by atoms with E-state index in [0.29, 0.717) is 12.5 Å². The molecule has 3 nitrogen and oxygen atoms in total.